The van der Waals surface area contributed by atoms with Crippen molar-refractivity contribution < 1.29 is 8.42 Å². The summed E-state index contributed by atoms with van der Waals surface area (Å²) in [6.07, 6.45) is 4.06. The molecular formula is C14H21BrN2O2S. The summed E-state index contributed by atoms with van der Waals surface area (Å²) in [7, 11) is -3.49. The number of hydrogen-bond acceptors (Lipinski definition) is 3. The largest absolute Gasteiger partial charge is 0.330 e. The maximum atomic E-state index is 12.6. The van der Waals surface area contributed by atoms with Gasteiger partial charge in [0.05, 0.1) is 4.90 Å². The monoisotopic (exact) mass is 360 g/mol. The maximum absolute atomic E-state index is 12.6. The summed E-state index contributed by atoms with van der Waals surface area (Å²) in [5.41, 5.74) is 6.50. The van der Waals surface area contributed by atoms with Crippen LogP contribution in [0.15, 0.2) is 27.6 Å². The van der Waals surface area contributed by atoms with E-state index in [0.29, 0.717) is 11.4 Å². The van der Waals surface area contributed by atoms with Crippen LogP contribution >= 0.6 is 15.9 Å². The minimum Gasteiger partial charge on any atom is -0.330 e. The molecule has 0 radical (unpaired) electrons. The maximum Gasteiger partial charge on any atom is 0.241 e. The molecule has 1 aromatic carbocycles. The standard InChI is InChI=1S/C14H21BrN2O2S/c1-10-12(15)6-4-8-14(10)20(18,19)17-13-7-3-2-5-11(13)9-16/h4,6,8,11,13,17H,2-3,5,7,9,16H2,1H3. The first-order valence-corrected chi connectivity index (χ1v) is 9.21. The summed E-state index contributed by atoms with van der Waals surface area (Å²) < 4.78 is 28.8. The summed E-state index contributed by atoms with van der Waals surface area (Å²) in [4.78, 5) is 0.341. The van der Waals surface area contributed by atoms with E-state index in [-0.39, 0.29) is 12.0 Å². The first-order chi connectivity index (χ1) is 9.45. The summed E-state index contributed by atoms with van der Waals surface area (Å²) in [5, 5.41) is 0. The smallest absolute Gasteiger partial charge is 0.241 e. The highest BCUT2D eigenvalue weighted by atomic mass is 79.9. The molecule has 0 amide bonds. The molecule has 1 aliphatic carbocycles. The van der Waals surface area contributed by atoms with Crippen LogP contribution in [0.4, 0.5) is 0 Å². The molecule has 112 valence electrons. The van der Waals surface area contributed by atoms with Crippen molar-refractivity contribution in [1.82, 2.24) is 4.72 Å². The lowest BCUT2D eigenvalue weighted by Crippen LogP contribution is -2.44. The molecule has 1 aliphatic rings. The average molecular weight is 361 g/mol. The molecule has 0 aliphatic heterocycles. The third-order valence-corrected chi connectivity index (χ3v) is 6.52. The van der Waals surface area contributed by atoms with Crippen LogP contribution in [0.25, 0.3) is 0 Å². The fourth-order valence-electron chi connectivity index (χ4n) is 2.79. The average Bonchev–Trinajstić information content (AvgIpc) is 2.42. The number of nitrogens with two attached hydrogens (primary N) is 1. The molecule has 4 nitrogen and oxygen atoms in total. The molecule has 0 aromatic heterocycles. The van der Waals surface area contributed by atoms with Crippen LogP contribution in [0.5, 0.6) is 0 Å². The lowest BCUT2D eigenvalue weighted by atomic mass is 9.85. The van der Waals surface area contributed by atoms with Gasteiger partial charge in [0.15, 0.2) is 0 Å². The van der Waals surface area contributed by atoms with E-state index in [4.69, 9.17) is 5.73 Å². The Hall–Kier alpha value is -0.430. The molecule has 6 heteroatoms. The quantitative estimate of drug-likeness (QED) is 0.866. The van der Waals surface area contributed by atoms with Gasteiger partial charge in [-0.15, -0.1) is 0 Å². The Balaban J connectivity index is 2.24. The van der Waals surface area contributed by atoms with Gasteiger partial charge in [0, 0.05) is 10.5 Å². The highest BCUT2D eigenvalue weighted by Gasteiger charge is 2.29. The lowest BCUT2D eigenvalue weighted by molar-refractivity contribution is 0.296. The second-order valence-corrected chi connectivity index (χ2v) is 7.91. The van der Waals surface area contributed by atoms with E-state index in [9.17, 15) is 8.42 Å². The Morgan fingerprint density at radius 3 is 2.75 bits per heavy atom. The number of rotatable bonds is 4. The Labute approximate surface area is 129 Å². The first kappa shape index (κ1) is 15.9. The van der Waals surface area contributed by atoms with E-state index in [1.807, 2.05) is 6.07 Å². The predicted molar refractivity (Wildman–Crippen MR) is 84.0 cm³/mol. The molecule has 2 atom stereocenters. The molecule has 2 unspecified atom stereocenters. The summed E-state index contributed by atoms with van der Waals surface area (Å²) >= 11 is 3.38. The Bertz CT molecular complexity index is 575. The molecule has 0 bridgehead atoms. The second kappa shape index (κ2) is 6.56. The van der Waals surface area contributed by atoms with E-state index in [1.54, 1.807) is 19.1 Å². The molecule has 0 saturated heterocycles. The SMILES string of the molecule is Cc1c(Br)cccc1S(=O)(=O)NC1CCCCC1CN. The topological polar surface area (TPSA) is 72.2 Å². The predicted octanol–water partition coefficient (Wildman–Crippen LogP) is 2.55. The van der Waals surface area contributed by atoms with Crippen LogP contribution in [0.2, 0.25) is 0 Å². The van der Waals surface area contributed by atoms with Gasteiger partial charge in [-0.25, -0.2) is 13.1 Å². The number of hydrogen-bond donors (Lipinski definition) is 2. The van der Waals surface area contributed by atoms with Gasteiger partial charge in [-0.3, -0.25) is 0 Å². The Kier molecular flexibility index (Phi) is 5.23. The number of sulfonamides is 1. The molecule has 3 N–H and O–H groups in total. The summed E-state index contributed by atoms with van der Waals surface area (Å²) in [5.74, 6) is 0.242. The molecular weight excluding hydrogens is 340 g/mol. The van der Waals surface area contributed by atoms with Gasteiger partial charge in [-0.1, -0.05) is 34.8 Å². The van der Waals surface area contributed by atoms with Crippen molar-refractivity contribution in [3.05, 3.63) is 28.2 Å². The minimum atomic E-state index is -3.49. The van der Waals surface area contributed by atoms with Crippen LogP contribution in [-0.2, 0) is 10.0 Å². The van der Waals surface area contributed by atoms with Gasteiger partial charge in [0.2, 0.25) is 10.0 Å². The highest BCUT2D eigenvalue weighted by Crippen LogP contribution is 2.27. The van der Waals surface area contributed by atoms with Gasteiger partial charge in [-0.05, 0) is 49.9 Å². The van der Waals surface area contributed by atoms with Crippen molar-refractivity contribution in [3.63, 3.8) is 0 Å². The Morgan fingerprint density at radius 1 is 1.35 bits per heavy atom. The summed E-state index contributed by atoms with van der Waals surface area (Å²) in [6, 6.07) is 5.19. The van der Waals surface area contributed by atoms with Crippen molar-refractivity contribution in [2.45, 2.75) is 43.5 Å². The zero-order valence-corrected chi connectivity index (χ0v) is 14.0. The summed E-state index contributed by atoms with van der Waals surface area (Å²) in [6.45, 7) is 2.34. The fraction of sp³-hybridized carbons (Fsp3) is 0.571. The molecule has 20 heavy (non-hydrogen) atoms. The van der Waals surface area contributed by atoms with E-state index < -0.39 is 10.0 Å². The second-order valence-electron chi connectivity index (χ2n) is 5.37. The van der Waals surface area contributed by atoms with Crippen LogP contribution in [0.1, 0.15) is 31.2 Å². The highest BCUT2D eigenvalue weighted by molar-refractivity contribution is 9.10. The van der Waals surface area contributed by atoms with Crippen LogP contribution in [0.3, 0.4) is 0 Å². The van der Waals surface area contributed by atoms with Gasteiger partial charge < -0.3 is 5.73 Å². The third-order valence-electron chi connectivity index (χ3n) is 4.03. The van der Waals surface area contributed by atoms with Crippen LogP contribution in [-0.4, -0.2) is 21.0 Å². The van der Waals surface area contributed by atoms with E-state index in [0.717, 1.165) is 35.7 Å². The zero-order chi connectivity index (χ0) is 14.8. The molecule has 0 spiro atoms. The normalized spacial score (nSPS) is 23.8. The molecule has 1 aromatic rings. The number of nitrogens with one attached hydrogen (secondary N) is 1. The molecule has 1 saturated carbocycles. The van der Waals surface area contributed by atoms with Gasteiger partial charge >= 0.3 is 0 Å². The molecule has 1 fully saturated rings. The molecule has 2 rings (SSSR count). The van der Waals surface area contributed by atoms with Crippen molar-refractivity contribution in [2.75, 3.05) is 6.54 Å². The van der Waals surface area contributed by atoms with Crippen LogP contribution < -0.4 is 10.5 Å². The number of benzene rings is 1. The zero-order valence-electron chi connectivity index (χ0n) is 11.6. The van der Waals surface area contributed by atoms with E-state index in [1.165, 1.54) is 0 Å². The number of halogens is 1. The van der Waals surface area contributed by atoms with E-state index in [2.05, 4.69) is 20.7 Å². The van der Waals surface area contributed by atoms with Gasteiger partial charge in [0.25, 0.3) is 0 Å². The third kappa shape index (κ3) is 3.42. The minimum absolute atomic E-state index is 0.0443. The van der Waals surface area contributed by atoms with Crippen molar-refractivity contribution in [3.8, 4) is 0 Å². The van der Waals surface area contributed by atoms with E-state index >= 15 is 0 Å². The van der Waals surface area contributed by atoms with Crippen molar-refractivity contribution >= 4 is 26.0 Å². The van der Waals surface area contributed by atoms with Gasteiger partial charge in [-0.2, -0.15) is 0 Å². The van der Waals surface area contributed by atoms with Crippen molar-refractivity contribution in [2.24, 2.45) is 11.7 Å². The first-order valence-electron chi connectivity index (χ1n) is 6.93. The van der Waals surface area contributed by atoms with Gasteiger partial charge in [0.1, 0.15) is 0 Å². The Morgan fingerprint density at radius 2 is 2.05 bits per heavy atom. The van der Waals surface area contributed by atoms with Crippen LogP contribution in [0, 0.1) is 12.8 Å². The fourth-order valence-corrected chi connectivity index (χ4v) is 4.89. The lowest BCUT2D eigenvalue weighted by Gasteiger charge is -2.31. The molecule has 0 heterocycles. The van der Waals surface area contributed by atoms with Crippen molar-refractivity contribution in [1.29, 1.82) is 0 Å².